The molecule has 94 valence electrons. The third kappa shape index (κ3) is 2.55. The van der Waals surface area contributed by atoms with Crippen LogP contribution < -0.4 is 4.57 Å². The van der Waals surface area contributed by atoms with Crippen LogP contribution in [0.15, 0.2) is 48.0 Å². The number of rotatable bonds is 2. The van der Waals surface area contributed by atoms with Crippen molar-refractivity contribution in [1.29, 1.82) is 0 Å². The molecular weight excluding hydrogens is 274 g/mol. The van der Waals surface area contributed by atoms with Crippen molar-refractivity contribution in [2.24, 2.45) is 7.05 Å². The van der Waals surface area contributed by atoms with Gasteiger partial charge < -0.3 is 0 Å². The van der Waals surface area contributed by atoms with Crippen molar-refractivity contribution < 1.29 is 4.57 Å². The first-order valence-corrected chi connectivity index (χ1v) is 7.29. The first-order valence-electron chi connectivity index (χ1n) is 6.03. The fourth-order valence-corrected chi connectivity index (χ4v) is 2.90. The van der Waals surface area contributed by atoms with Gasteiger partial charge in [-0.15, -0.1) is 11.3 Å². The van der Waals surface area contributed by atoms with Gasteiger partial charge in [-0.05, 0) is 35.2 Å². The standard InChI is InChI=1S/C16H13ClNS/c1-18-9-8-12(4-6-14-3-2-10-19-14)15-11-13(17)5-7-16(15)18/h2-11H,1H3/q+1/b6-4+. The van der Waals surface area contributed by atoms with Gasteiger partial charge in [0.25, 0.3) is 0 Å². The van der Waals surface area contributed by atoms with Gasteiger partial charge >= 0.3 is 0 Å². The van der Waals surface area contributed by atoms with E-state index < -0.39 is 0 Å². The van der Waals surface area contributed by atoms with Crippen LogP contribution in [0, 0.1) is 0 Å². The summed E-state index contributed by atoms with van der Waals surface area (Å²) in [4.78, 5) is 1.25. The third-order valence-electron chi connectivity index (χ3n) is 3.10. The minimum atomic E-state index is 0.768. The average molecular weight is 287 g/mol. The van der Waals surface area contributed by atoms with E-state index in [1.54, 1.807) is 11.3 Å². The molecule has 0 spiro atoms. The second-order valence-corrected chi connectivity index (χ2v) is 5.81. The van der Waals surface area contributed by atoms with Gasteiger partial charge in [-0.1, -0.05) is 23.7 Å². The molecule has 0 radical (unpaired) electrons. The molecule has 0 aliphatic carbocycles. The summed E-state index contributed by atoms with van der Waals surface area (Å²) < 4.78 is 2.11. The summed E-state index contributed by atoms with van der Waals surface area (Å²) in [6.07, 6.45) is 6.36. The van der Waals surface area contributed by atoms with Crippen molar-refractivity contribution in [2.45, 2.75) is 0 Å². The van der Waals surface area contributed by atoms with Gasteiger partial charge in [0.2, 0.25) is 5.52 Å². The van der Waals surface area contributed by atoms with Crippen LogP contribution in [0.5, 0.6) is 0 Å². The first-order chi connectivity index (χ1) is 9.24. The number of aromatic nitrogens is 1. The first kappa shape index (κ1) is 12.4. The summed E-state index contributed by atoms with van der Waals surface area (Å²) in [5.41, 5.74) is 2.36. The molecule has 3 rings (SSSR count). The topological polar surface area (TPSA) is 3.88 Å². The lowest BCUT2D eigenvalue weighted by molar-refractivity contribution is -0.644. The van der Waals surface area contributed by atoms with Gasteiger partial charge in [0, 0.05) is 22.0 Å². The van der Waals surface area contributed by atoms with Crippen molar-refractivity contribution in [2.75, 3.05) is 0 Å². The van der Waals surface area contributed by atoms with Crippen molar-refractivity contribution in [1.82, 2.24) is 0 Å². The average Bonchev–Trinajstić information content (AvgIpc) is 2.91. The molecule has 0 aliphatic heterocycles. The van der Waals surface area contributed by atoms with Crippen molar-refractivity contribution >= 4 is 46.0 Å². The minimum Gasteiger partial charge on any atom is -0.201 e. The monoisotopic (exact) mass is 286 g/mol. The lowest BCUT2D eigenvalue weighted by Gasteiger charge is -2.01. The van der Waals surface area contributed by atoms with Gasteiger partial charge in [0.05, 0.1) is 5.39 Å². The quantitative estimate of drug-likeness (QED) is 0.609. The second-order valence-electron chi connectivity index (χ2n) is 4.39. The van der Waals surface area contributed by atoms with Crippen LogP contribution in [0.2, 0.25) is 5.02 Å². The molecular formula is C16H13ClNS+. The molecule has 0 atom stereocenters. The SMILES string of the molecule is C[n+]1ccc(/C=C/c2cccs2)c2cc(Cl)ccc21. The van der Waals surface area contributed by atoms with Crippen LogP contribution in [-0.2, 0) is 7.05 Å². The van der Waals surface area contributed by atoms with E-state index in [2.05, 4.69) is 52.6 Å². The number of halogens is 1. The minimum absolute atomic E-state index is 0.768. The van der Waals surface area contributed by atoms with Crippen molar-refractivity contribution in [3.05, 3.63) is 63.4 Å². The largest absolute Gasteiger partial charge is 0.212 e. The predicted molar refractivity (Wildman–Crippen MR) is 83.4 cm³/mol. The molecule has 0 amide bonds. The maximum atomic E-state index is 6.11. The molecule has 0 aliphatic rings. The van der Waals surface area contributed by atoms with E-state index in [0.29, 0.717) is 0 Å². The summed E-state index contributed by atoms with van der Waals surface area (Å²) in [5.74, 6) is 0. The van der Waals surface area contributed by atoms with E-state index in [0.717, 1.165) is 5.02 Å². The van der Waals surface area contributed by atoms with Crippen LogP contribution in [0.4, 0.5) is 0 Å². The zero-order valence-corrected chi connectivity index (χ0v) is 12.1. The second kappa shape index (κ2) is 5.16. The molecule has 19 heavy (non-hydrogen) atoms. The van der Waals surface area contributed by atoms with E-state index >= 15 is 0 Å². The fraction of sp³-hybridized carbons (Fsp3) is 0.0625. The summed E-state index contributed by atoms with van der Waals surface area (Å²) in [6.45, 7) is 0. The Kier molecular flexibility index (Phi) is 3.36. The molecule has 2 heterocycles. The number of aryl methyl sites for hydroxylation is 1. The number of fused-ring (bicyclic) bond motifs is 1. The Hall–Kier alpha value is -1.64. The summed E-state index contributed by atoms with van der Waals surface area (Å²) in [7, 11) is 2.04. The summed E-state index contributed by atoms with van der Waals surface area (Å²) >= 11 is 7.85. The van der Waals surface area contributed by atoms with Gasteiger partial charge in [-0.3, -0.25) is 0 Å². The molecule has 0 N–H and O–H groups in total. The molecule has 1 nitrogen and oxygen atoms in total. The highest BCUT2D eigenvalue weighted by Crippen LogP contribution is 2.22. The fourth-order valence-electron chi connectivity index (χ4n) is 2.11. The third-order valence-corrected chi connectivity index (χ3v) is 4.17. The number of pyridine rings is 1. The number of thiophene rings is 1. The molecule has 0 unspecified atom stereocenters. The summed E-state index contributed by atoms with van der Waals surface area (Å²) in [5, 5.41) is 4.02. The lowest BCUT2D eigenvalue weighted by Crippen LogP contribution is -2.28. The highest BCUT2D eigenvalue weighted by Gasteiger charge is 2.08. The Morgan fingerprint density at radius 2 is 2.05 bits per heavy atom. The normalized spacial score (nSPS) is 11.5. The molecule has 0 saturated heterocycles. The molecule has 0 saturated carbocycles. The maximum absolute atomic E-state index is 6.11. The Morgan fingerprint density at radius 1 is 1.16 bits per heavy atom. The number of hydrogen-bond donors (Lipinski definition) is 0. The summed E-state index contributed by atoms with van der Waals surface area (Å²) in [6, 6.07) is 12.3. The van der Waals surface area contributed by atoms with Gasteiger partial charge in [-0.25, -0.2) is 4.57 Å². The smallest absolute Gasteiger partial charge is 0.201 e. The van der Waals surface area contributed by atoms with E-state index in [9.17, 15) is 0 Å². The maximum Gasteiger partial charge on any atom is 0.212 e. The molecule has 0 bridgehead atoms. The van der Waals surface area contributed by atoms with Crippen LogP contribution in [-0.4, -0.2) is 0 Å². The molecule has 2 aromatic heterocycles. The molecule has 3 aromatic rings. The van der Waals surface area contributed by atoms with Crippen LogP contribution in [0.1, 0.15) is 10.4 Å². The Balaban J connectivity index is 2.13. The Morgan fingerprint density at radius 3 is 2.84 bits per heavy atom. The number of hydrogen-bond acceptors (Lipinski definition) is 1. The highest BCUT2D eigenvalue weighted by molar-refractivity contribution is 7.10. The molecule has 1 aromatic carbocycles. The van der Waals surface area contributed by atoms with Gasteiger partial charge in [0.1, 0.15) is 7.05 Å². The molecule has 0 fully saturated rings. The highest BCUT2D eigenvalue weighted by atomic mass is 35.5. The van der Waals surface area contributed by atoms with E-state index in [1.807, 2.05) is 19.2 Å². The van der Waals surface area contributed by atoms with Crippen LogP contribution in [0.25, 0.3) is 23.1 Å². The Bertz CT molecular complexity index is 745. The van der Waals surface area contributed by atoms with E-state index in [4.69, 9.17) is 11.6 Å². The van der Waals surface area contributed by atoms with Gasteiger partial charge in [-0.2, -0.15) is 0 Å². The van der Waals surface area contributed by atoms with E-state index in [-0.39, 0.29) is 0 Å². The van der Waals surface area contributed by atoms with Crippen LogP contribution >= 0.6 is 22.9 Å². The predicted octanol–water partition coefficient (Wildman–Crippen LogP) is 4.55. The number of nitrogens with zero attached hydrogens (tertiary/aromatic N) is 1. The number of benzene rings is 1. The Labute approximate surface area is 121 Å². The zero-order chi connectivity index (χ0) is 13.2. The van der Waals surface area contributed by atoms with Crippen molar-refractivity contribution in [3.8, 4) is 0 Å². The lowest BCUT2D eigenvalue weighted by atomic mass is 10.1. The van der Waals surface area contributed by atoms with Crippen LogP contribution in [0.3, 0.4) is 0 Å². The van der Waals surface area contributed by atoms with Gasteiger partial charge in [0.15, 0.2) is 6.20 Å². The molecule has 3 heteroatoms. The zero-order valence-electron chi connectivity index (χ0n) is 10.5. The van der Waals surface area contributed by atoms with Crippen molar-refractivity contribution in [3.63, 3.8) is 0 Å². The van der Waals surface area contributed by atoms with E-state index in [1.165, 1.54) is 21.3 Å².